The molecule has 2 heterocycles. The number of aryl methyl sites for hydroxylation is 4. The maximum Gasteiger partial charge on any atom is 0.264 e. The molecule has 0 aliphatic rings. The van der Waals surface area contributed by atoms with Crippen LogP contribution in [0.4, 0.5) is 5.69 Å². The molecular formula is C16H17ClN4O3S. The molecule has 0 saturated carbocycles. The SMILES string of the molecule is Cc1nnc(-c2c(C)[nH]c(C)c2S(=O)(=O)Nc2cc(Cl)ccc2C)o1. The summed E-state index contributed by atoms with van der Waals surface area (Å²) in [5.41, 5.74) is 2.65. The number of hydrogen-bond donors (Lipinski definition) is 2. The van der Waals surface area contributed by atoms with Crippen molar-refractivity contribution >= 4 is 27.3 Å². The van der Waals surface area contributed by atoms with Gasteiger partial charge in [-0.2, -0.15) is 0 Å². The van der Waals surface area contributed by atoms with Gasteiger partial charge >= 0.3 is 0 Å². The fraction of sp³-hybridized carbons (Fsp3) is 0.250. The molecule has 0 bridgehead atoms. The first kappa shape index (κ1) is 17.5. The lowest BCUT2D eigenvalue weighted by Gasteiger charge is -2.12. The van der Waals surface area contributed by atoms with Gasteiger partial charge in [-0.25, -0.2) is 8.42 Å². The number of benzene rings is 1. The smallest absolute Gasteiger partial charge is 0.264 e. The number of hydrogen-bond acceptors (Lipinski definition) is 5. The highest BCUT2D eigenvalue weighted by Gasteiger charge is 2.29. The van der Waals surface area contributed by atoms with Crippen LogP contribution in [0.15, 0.2) is 27.5 Å². The Morgan fingerprint density at radius 3 is 2.48 bits per heavy atom. The van der Waals surface area contributed by atoms with E-state index in [1.165, 1.54) is 0 Å². The van der Waals surface area contributed by atoms with Crippen molar-refractivity contribution in [3.8, 4) is 11.5 Å². The summed E-state index contributed by atoms with van der Waals surface area (Å²) >= 11 is 5.98. The highest BCUT2D eigenvalue weighted by atomic mass is 35.5. The van der Waals surface area contributed by atoms with E-state index in [0.717, 1.165) is 5.56 Å². The van der Waals surface area contributed by atoms with Crippen LogP contribution in [0.1, 0.15) is 22.8 Å². The van der Waals surface area contributed by atoms with Gasteiger partial charge in [0.25, 0.3) is 15.9 Å². The van der Waals surface area contributed by atoms with Crippen molar-refractivity contribution in [1.82, 2.24) is 15.2 Å². The Bertz CT molecular complexity index is 1050. The predicted octanol–water partition coefficient (Wildman–Crippen LogP) is 3.75. The predicted molar refractivity (Wildman–Crippen MR) is 95.3 cm³/mol. The first-order valence-electron chi connectivity index (χ1n) is 7.47. The first-order valence-corrected chi connectivity index (χ1v) is 9.34. The number of nitrogens with one attached hydrogen (secondary N) is 2. The van der Waals surface area contributed by atoms with E-state index in [2.05, 4.69) is 19.9 Å². The van der Waals surface area contributed by atoms with Gasteiger partial charge in [0.2, 0.25) is 5.89 Å². The number of aromatic nitrogens is 3. The lowest BCUT2D eigenvalue weighted by atomic mass is 10.2. The van der Waals surface area contributed by atoms with Crippen molar-refractivity contribution in [3.05, 3.63) is 46.1 Å². The highest BCUT2D eigenvalue weighted by Crippen LogP contribution is 2.34. The summed E-state index contributed by atoms with van der Waals surface area (Å²) in [6.45, 7) is 6.88. The van der Waals surface area contributed by atoms with Crippen LogP contribution in [-0.4, -0.2) is 23.6 Å². The Balaban J connectivity index is 2.13. The maximum absolute atomic E-state index is 13.0. The second-order valence-corrected chi connectivity index (χ2v) is 7.83. The monoisotopic (exact) mass is 380 g/mol. The van der Waals surface area contributed by atoms with E-state index in [-0.39, 0.29) is 10.8 Å². The van der Waals surface area contributed by atoms with Crippen molar-refractivity contribution in [3.63, 3.8) is 0 Å². The van der Waals surface area contributed by atoms with E-state index >= 15 is 0 Å². The Hall–Kier alpha value is -2.32. The minimum absolute atomic E-state index is 0.0769. The molecule has 3 rings (SSSR count). The van der Waals surface area contributed by atoms with Gasteiger partial charge in [0, 0.05) is 23.3 Å². The molecule has 3 aromatic rings. The standard InChI is InChI=1S/C16H17ClN4O3S/c1-8-5-6-12(17)7-13(8)21-25(22,23)15-10(3)18-9(2)14(15)16-20-19-11(4)24-16/h5-7,18,21H,1-4H3. The molecule has 0 fully saturated rings. The quantitative estimate of drug-likeness (QED) is 0.717. The van der Waals surface area contributed by atoms with Crippen LogP contribution in [0.25, 0.3) is 11.5 Å². The fourth-order valence-electron chi connectivity index (χ4n) is 2.65. The van der Waals surface area contributed by atoms with E-state index in [0.29, 0.717) is 33.6 Å². The summed E-state index contributed by atoms with van der Waals surface area (Å²) in [5.74, 6) is 0.512. The molecule has 2 aromatic heterocycles. The van der Waals surface area contributed by atoms with Crippen LogP contribution in [0.3, 0.4) is 0 Å². The van der Waals surface area contributed by atoms with Gasteiger partial charge < -0.3 is 9.40 Å². The van der Waals surface area contributed by atoms with Crippen LogP contribution in [0.5, 0.6) is 0 Å². The first-order chi connectivity index (χ1) is 11.7. The van der Waals surface area contributed by atoms with Crippen LogP contribution in [-0.2, 0) is 10.0 Å². The number of H-pyrrole nitrogens is 1. The van der Waals surface area contributed by atoms with Crippen molar-refractivity contribution in [2.75, 3.05) is 4.72 Å². The van der Waals surface area contributed by atoms with Crippen LogP contribution in [0, 0.1) is 27.7 Å². The zero-order valence-electron chi connectivity index (χ0n) is 14.1. The molecule has 7 nitrogen and oxygen atoms in total. The molecule has 0 atom stereocenters. The Kier molecular flexibility index (Phi) is 4.34. The van der Waals surface area contributed by atoms with Gasteiger partial charge in [0.05, 0.1) is 11.3 Å². The third-order valence-electron chi connectivity index (χ3n) is 3.77. The van der Waals surface area contributed by atoms with Crippen LogP contribution >= 0.6 is 11.6 Å². The molecule has 9 heteroatoms. The molecule has 0 aliphatic carbocycles. The topological polar surface area (TPSA) is 101 Å². The Morgan fingerprint density at radius 2 is 1.84 bits per heavy atom. The van der Waals surface area contributed by atoms with Crippen molar-refractivity contribution < 1.29 is 12.8 Å². The van der Waals surface area contributed by atoms with Crippen molar-refractivity contribution in [2.45, 2.75) is 32.6 Å². The van der Waals surface area contributed by atoms with Crippen LogP contribution < -0.4 is 4.72 Å². The molecule has 0 unspecified atom stereocenters. The summed E-state index contributed by atoms with van der Waals surface area (Å²) in [7, 11) is -3.90. The molecule has 25 heavy (non-hydrogen) atoms. The molecule has 1 aromatic carbocycles. The molecule has 0 spiro atoms. The van der Waals surface area contributed by atoms with Crippen molar-refractivity contribution in [1.29, 1.82) is 0 Å². The summed E-state index contributed by atoms with van der Waals surface area (Å²) < 4.78 is 34.1. The minimum atomic E-state index is -3.90. The Labute approximate surface area is 150 Å². The average molecular weight is 381 g/mol. The van der Waals surface area contributed by atoms with E-state index < -0.39 is 10.0 Å². The molecular weight excluding hydrogens is 364 g/mol. The average Bonchev–Trinajstić information content (AvgIpc) is 3.05. The molecule has 2 N–H and O–H groups in total. The van der Waals surface area contributed by atoms with Gasteiger partial charge in [-0.05, 0) is 38.5 Å². The molecule has 0 amide bonds. The van der Waals surface area contributed by atoms with E-state index in [1.54, 1.807) is 45.9 Å². The molecule has 132 valence electrons. The number of rotatable bonds is 4. The molecule has 0 aliphatic heterocycles. The Morgan fingerprint density at radius 1 is 1.12 bits per heavy atom. The summed E-state index contributed by atoms with van der Waals surface area (Å²) in [6, 6.07) is 5.02. The summed E-state index contributed by atoms with van der Waals surface area (Å²) in [4.78, 5) is 3.11. The van der Waals surface area contributed by atoms with Gasteiger partial charge in [0.15, 0.2) is 0 Å². The summed E-state index contributed by atoms with van der Waals surface area (Å²) in [6.07, 6.45) is 0. The zero-order chi connectivity index (χ0) is 18.4. The van der Waals surface area contributed by atoms with E-state index in [9.17, 15) is 8.42 Å². The molecule has 0 radical (unpaired) electrons. The van der Waals surface area contributed by atoms with E-state index in [1.807, 2.05) is 0 Å². The largest absolute Gasteiger partial charge is 0.421 e. The third kappa shape index (κ3) is 3.27. The lowest BCUT2D eigenvalue weighted by molar-refractivity contribution is 0.531. The third-order valence-corrected chi connectivity index (χ3v) is 5.54. The minimum Gasteiger partial charge on any atom is -0.421 e. The fourth-order valence-corrected chi connectivity index (χ4v) is 4.40. The number of anilines is 1. The number of halogens is 1. The van der Waals surface area contributed by atoms with E-state index in [4.69, 9.17) is 16.0 Å². The number of aromatic amines is 1. The highest BCUT2D eigenvalue weighted by molar-refractivity contribution is 7.93. The number of sulfonamides is 1. The van der Waals surface area contributed by atoms with Gasteiger partial charge in [-0.3, -0.25) is 4.72 Å². The van der Waals surface area contributed by atoms with Gasteiger partial charge in [-0.1, -0.05) is 17.7 Å². The normalized spacial score (nSPS) is 11.7. The summed E-state index contributed by atoms with van der Waals surface area (Å²) in [5, 5.41) is 8.18. The second-order valence-electron chi connectivity index (χ2n) is 5.77. The number of nitrogens with zero attached hydrogens (tertiary/aromatic N) is 2. The van der Waals surface area contributed by atoms with Crippen LogP contribution in [0.2, 0.25) is 5.02 Å². The molecule has 0 saturated heterocycles. The maximum atomic E-state index is 13.0. The second kappa shape index (κ2) is 6.20. The van der Waals surface area contributed by atoms with Crippen molar-refractivity contribution in [2.24, 2.45) is 0 Å². The zero-order valence-corrected chi connectivity index (χ0v) is 15.7. The van der Waals surface area contributed by atoms with Gasteiger partial charge in [0.1, 0.15) is 4.90 Å². The lowest BCUT2D eigenvalue weighted by Crippen LogP contribution is -2.15. The van der Waals surface area contributed by atoms with Gasteiger partial charge in [-0.15, -0.1) is 10.2 Å².